The lowest BCUT2D eigenvalue weighted by atomic mass is 10.0. The quantitative estimate of drug-likeness (QED) is 0.598. The number of nitrogens with zero attached hydrogens (tertiary/aromatic N) is 2. The van der Waals surface area contributed by atoms with Crippen LogP contribution in [0.4, 0.5) is 20.6 Å². The lowest BCUT2D eigenvalue weighted by Gasteiger charge is -2.32. The first-order valence-corrected chi connectivity index (χ1v) is 11.4. The third kappa shape index (κ3) is 5.53. The molecule has 0 aliphatic carbocycles. The molecular weight excluding hydrogens is 441 g/mol. The van der Waals surface area contributed by atoms with Crippen LogP contribution in [0.2, 0.25) is 0 Å². The number of morpholine rings is 1. The second kappa shape index (κ2) is 10.6. The molecule has 2 saturated heterocycles. The maximum absolute atomic E-state index is 14.7. The molecule has 1 atom stereocenters. The Labute approximate surface area is 197 Å². The van der Waals surface area contributed by atoms with Gasteiger partial charge in [0, 0.05) is 31.5 Å². The zero-order valence-corrected chi connectivity index (χ0v) is 19.1. The number of rotatable bonds is 8. The fourth-order valence-electron chi connectivity index (χ4n) is 4.07. The molecule has 2 amide bonds. The summed E-state index contributed by atoms with van der Waals surface area (Å²) in [6.45, 7) is 4.26. The van der Waals surface area contributed by atoms with Crippen LogP contribution < -0.4 is 15.1 Å². The minimum atomic E-state index is -0.589. The molecule has 34 heavy (non-hydrogen) atoms. The average molecular weight is 470 g/mol. The summed E-state index contributed by atoms with van der Waals surface area (Å²) in [6, 6.07) is 11.8. The van der Waals surface area contributed by atoms with Gasteiger partial charge in [0.15, 0.2) is 5.78 Å². The molecule has 0 radical (unpaired) electrons. The van der Waals surface area contributed by atoms with Gasteiger partial charge in [0.2, 0.25) is 5.91 Å². The molecule has 2 aliphatic rings. The van der Waals surface area contributed by atoms with Crippen molar-refractivity contribution in [1.29, 1.82) is 0 Å². The average Bonchev–Trinajstić information content (AvgIpc) is 3.22. The van der Waals surface area contributed by atoms with Crippen LogP contribution in [-0.2, 0) is 14.3 Å². The molecule has 2 aromatic carbocycles. The van der Waals surface area contributed by atoms with Crippen molar-refractivity contribution in [2.75, 3.05) is 49.2 Å². The van der Waals surface area contributed by atoms with Crippen molar-refractivity contribution in [3.05, 3.63) is 59.4 Å². The zero-order valence-electron chi connectivity index (χ0n) is 19.1. The molecule has 4 rings (SSSR count). The highest BCUT2D eigenvalue weighted by Crippen LogP contribution is 2.35. The number of ketones is 1. The van der Waals surface area contributed by atoms with E-state index in [0.29, 0.717) is 43.2 Å². The van der Waals surface area contributed by atoms with Gasteiger partial charge in [0.1, 0.15) is 11.9 Å². The predicted octanol–water partition coefficient (Wildman–Crippen LogP) is 3.08. The highest BCUT2D eigenvalue weighted by atomic mass is 19.1. The number of nitrogens with one attached hydrogen (secondary N) is 1. The second-order valence-corrected chi connectivity index (χ2v) is 8.42. The van der Waals surface area contributed by atoms with Gasteiger partial charge >= 0.3 is 6.09 Å². The lowest BCUT2D eigenvalue weighted by molar-refractivity contribution is -0.121. The minimum Gasteiger partial charge on any atom is -0.442 e. The van der Waals surface area contributed by atoms with Crippen LogP contribution in [0.1, 0.15) is 28.8 Å². The van der Waals surface area contributed by atoms with E-state index in [1.165, 1.54) is 11.0 Å². The van der Waals surface area contributed by atoms with E-state index in [2.05, 4.69) is 5.32 Å². The molecule has 2 aromatic rings. The van der Waals surface area contributed by atoms with E-state index >= 15 is 0 Å². The van der Waals surface area contributed by atoms with Crippen molar-refractivity contribution >= 4 is 29.2 Å². The largest absolute Gasteiger partial charge is 0.442 e. The third-order valence-electron chi connectivity index (χ3n) is 5.94. The number of carbonyl (C=O) groups excluding carboxylic acids is 3. The first-order chi connectivity index (χ1) is 16.4. The summed E-state index contributed by atoms with van der Waals surface area (Å²) in [5.74, 6) is -0.813. The molecule has 2 aliphatic heterocycles. The van der Waals surface area contributed by atoms with Gasteiger partial charge in [0.25, 0.3) is 0 Å². The molecule has 0 spiro atoms. The number of aryl methyl sites for hydroxylation is 1. The summed E-state index contributed by atoms with van der Waals surface area (Å²) in [5, 5.41) is 2.73. The molecule has 8 nitrogen and oxygen atoms in total. The second-order valence-electron chi connectivity index (χ2n) is 8.42. The molecule has 0 bridgehead atoms. The van der Waals surface area contributed by atoms with E-state index in [4.69, 9.17) is 9.47 Å². The number of cyclic esters (lactones) is 1. The molecule has 0 saturated carbocycles. The summed E-state index contributed by atoms with van der Waals surface area (Å²) < 4.78 is 25.5. The lowest BCUT2D eigenvalue weighted by Crippen LogP contribution is -2.39. The third-order valence-corrected chi connectivity index (χ3v) is 5.94. The van der Waals surface area contributed by atoms with Crippen molar-refractivity contribution in [2.24, 2.45) is 0 Å². The first-order valence-electron chi connectivity index (χ1n) is 11.4. The molecule has 0 aromatic heterocycles. The number of Topliss-reactive ketones (excluding diaryl/α,β-unsaturated/α-hetero) is 1. The number of hydrogen-bond donors (Lipinski definition) is 1. The number of hydrogen-bond acceptors (Lipinski definition) is 6. The Bertz CT molecular complexity index is 1050. The van der Waals surface area contributed by atoms with Crippen molar-refractivity contribution in [3.8, 4) is 0 Å². The number of ether oxygens (including phenoxy) is 2. The highest BCUT2D eigenvalue weighted by molar-refractivity contribution is 5.98. The Morgan fingerprint density at radius 2 is 1.82 bits per heavy atom. The van der Waals surface area contributed by atoms with Crippen LogP contribution in [0.5, 0.6) is 0 Å². The van der Waals surface area contributed by atoms with E-state index in [0.717, 1.165) is 5.56 Å². The predicted molar refractivity (Wildman–Crippen MR) is 125 cm³/mol. The Hall–Kier alpha value is -3.46. The summed E-state index contributed by atoms with van der Waals surface area (Å²) in [6.07, 6.45) is -1.03. The first kappa shape index (κ1) is 23.7. The highest BCUT2D eigenvalue weighted by Gasteiger charge is 2.35. The molecule has 2 heterocycles. The number of benzene rings is 2. The van der Waals surface area contributed by atoms with Crippen molar-refractivity contribution < 1.29 is 28.2 Å². The Morgan fingerprint density at radius 1 is 1.09 bits per heavy atom. The van der Waals surface area contributed by atoms with E-state index in [1.54, 1.807) is 24.3 Å². The number of amides is 2. The van der Waals surface area contributed by atoms with Gasteiger partial charge in [-0.2, -0.15) is 0 Å². The monoisotopic (exact) mass is 469 g/mol. The van der Waals surface area contributed by atoms with Crippen molar-refractivity contribution in [3.63, 3.8) is 0 Å². The van der Waals surface area contributed by atoms with E-state index in [1.807, 2.05) is 24.0 Å². The van der Waals surface area contributed by atoms with Crippen molar-refractivity contribution in [2.45, 2.75) is 25.9 Å². The summed E-state index contributed by atoms with van der Waals surface area (Å²) in [7, 11) is 0. The molecule has 1 N–H and O–H groups in total. The van der Waals surface area contributed by atoms with E-state index in [-0.39, 0.29) is 37.6 Å². The summed E-state index contributed by atoms with van der Waals surface area (Å²) >= 11 is 0. The van der Waals surface area contributed by atoms with Gasteiger partial charge in [-0.05, 0) is 19.1 Å². The van der Waals surface area contributed by atoms with Crippen LogP contribution in [0.3, 0.4) is 0 Å². The number of carbonyl (C=O) groups is 3. The fraction of sp³-hybridized carbons (Fsp3) is 0.400. The van der Waals surface area contributed by atoms with Crippen LogP contribution >= 0.6 is 0 Å². The fourth-order valence-corrected chi connectivity index (χ4v) is 4.07. The maximum atomic E-state index is 14.7. The van der Waals surface area contributed by atoms with Gasteiger partial charge in [-0.1, -0.05) is 35.9 Å². The van der Waals surface area contributed by atoms with Gasteiger partial charge in [-0.15, -0.1) is 0 Å². The minimum absolute atomic E-state index is 0.0438. The number of halogens is 1. The molecule has 1 unspecified atom stereocenters. The van der Waals surface area contributed by atoms with E-state index in [9.17, 15) is 18.8 Å². The van der Waals surface area contributed by atoms with Gasteiger partial charge in [-0.25, -0.2) is 9.18 Å². The van der Waals surface area contributed by atoms with Crippen LogP contribution in [-0.4, -0.2) is 63.3 Å². The molecule has 180 valence electrons. The van der Waals surface area contributed by atoms with Crippen LogP contribution in [0.25, 0.3) is 0 Å². The van der Waals surface area contributed by atoms with Crippen LogP contribution in [0.15, 0.2) is 42.5 Å². The van der Waals surface area contributed by atoms with Crippen molar-refractivity contribution in [1.82, 2.24) is 5.32 Å². The van der Waals surface area contributed by atoms with Gasteiger partial charge < -0.3 is 19.7 Å². The number of para-hydroxylation sites is 1. The maximum Gasteiger partial charge on any atom is 0.414 e. The summed E-state index contributed by atoms with van der Waals surface area (Å²) in [5.41, 5.74) is 2.42. The summed E-state index contributed by atoms with van der Waals surface area (Å²) in [4.78, 5) is 40.3. The van der Waals surface area contributed by atoms with Gasteiger partial charge in [-0.3, -0.25) is 14.5 Å². The standard InChI is InChI=1S/C25H28FN3O5/c1-17-5-7-18(8-6-17)22(30)9-10-23(31)27-15-19-16-29(25(32)34-19)21-4-2-3-20(26)24(21)28-11-13-33-14-12-28/h2-8,19H,9-16H2,1H3,(H,27,31). The SMILES string of the molecule is Cc1ccc(C(=O)CCC(=O)NCC2CN(c3cccc(F)c3N3CCOCC3)C(=O)O2)cc1. The Morgan fingerprint density at radius 3 is 2.56 bits per heavy atom. The molecule has 9 heteroatoms. The van der Waals surface area contributed by atoms with E-state index < -0.39 is 18.0 Å². The topological polar surface area (TPSA) is 88.2 Å². The van der Waals surface area contributed by atoms with Gasteiger partial charge in [0.05, 0.1) is 37.7 Å². The number of anilines is 2. The zero-order chi connectivity index (χ0) is 24.1. The smallest absolute Gasteiger partial charge is 0.414 e. The normalized spacial score (nSPS) is 18.1. The Kier molecular flexibility index (Phi) is 7.42. The Balaban J connectivity index is 1.31. The van der Waals surface area contributed by atoms with Crippen LogP contribution in [0, 0.1) is 12.7 Å². The molecular formula is C25H28FN3O5. The molecule has 2 fully saturated rings.